The van der Waals surface area contributed by atoms with Gasteiger partial charge in [0, 0.05) is 24.6 Å². The van der Waals surface area contributed by atoms with Gasteiger partial charge in [-0.15, -0.1) is 11.3 Å². The van der Waals surface area contributed by atoms with Crippen LogP contribution < -0.4 is 10.5 Å². The SMILES string of the molecule is CCCn1c(SCc2csc(N(C(C)=O)c3cccc(C)c3C)n2)nc2ccccc2c1=O. The van der Waals surface area contributed by atoms with Gasteiger partial charge in [0.1, 0.15) is 0 Å². The number of rotatable bonds is 7. The van der Waals surface area contributed by atoms with Crippen LogP contribution in [0, 0.1) is 13.8 Å². The molecule has 170 valence electrons. The molecule has 0 bridgehead atoms. The molecule has 1 amide bonds. The molecule has 0 N–H and O–H groups in total. The number of nitrogens with zero attached hydrogens (tertiary/aromatic N) is 4. The van der Waals surface area contributed by atoms with Gasteiger partial charge in [0.2, 0.25) is 5.91 Å². The van der Waals surface area contributed by atoms with Crippen LogP contribution in [0.5, 0.6) is 0 Å². The van der Waals surface area contributed by atoms with Crippen LogP contribution in [0.25, 0.3) is 10.9 Å². The molecule has 2 aromatic heterocycles. The second-order valence-electron chi connectivity index (χ2n) is 7.85. The van der Waals surface area contributed by atoms with Crippen LogP contribution in [0.4, 0.5) is 10.8 Å². The lowest BCUT2D eigenvalue weighted by atomic mass is 10.1. The van der Waals surface area contributed by atoms with Crippen molar-refractivity contribution < 1.29 is 4.79 Å². The predicted molar refractivity (Wildman–Crippen MR) is 137 cm³/mol. The van der Waals surface area contributed by atoms with Crippen molar-refractivity contribution in [3.63, 3.8) is 0 Å². The summed E-state index contributed by atoms with van der Waals surface area (Å²) >= 11 is 2.94. The van der Waals surface area contributed by atoms with Gasteiger partial charge in [-0.25, -0.2) is 9.97 Å². The maximum atomic E-state index is 13.0. The van der Waals surface area contributed by atoms with Gasteiger partial charge in [-0.1, -0.05) is 43.0 Å². The number of carbonyl (C=O) groups excluding carboxylic acids is 1. The van der Waals surface area contributed by atoms with Crippen molar-refractivity contribution in [3.8, 4) is 0 Å². The highest BCUT2D eigenvalue weighted by atomic mass is 32.2. The summed E-state index contributed by atoms with van der Waals surface area (Å²) in [6.07, 6.45) is 0.845. The van der Waals surface area contributed by atoms with Gasteiger partial charge in [-0.2, -0.15) is 0 Å². The second-order valence-corrected chi connectivity index (χ2v) is 9.63. The van der Waals surface area contributed by atoms with E-state index in [1.807, 2.05) is 68.6 Å². The van der Waals surface area contributed by atoms with Crippen molar-refractivity contribution in [3.05, 3.63) is 75.0 Å². The molecule has 0 spiro atoms. The molecule has 0 aliphatic carbocycles. The minimum Gasteiger partial charge on any atom is -0.287 e. The summed E-state index contributed by atoms with van der Waals surface area (Å²) in [5, 5.41) is 3.93. The third-order valence-corrected chi connectivity index (χ3v) is 7.37. The first kappa shape index (κ1) is 23.2. The van der Waals surface area contributed by atoms with Crippen LogP contribution in [0.15, 0.2) is 57.8 Å². The van der Waals surface area contributed by atoms with Crippen molar-refractivity contribution in [2.24, 2.45) is 0 Å². The van der Waals surface area contributed by atoms with E-state index in [9.17, 15) is 9.59 Å². The smallest absolute Gasteiger partial charge is 0.262 e. The number of hydrogen-bond donors (Lipinski definition) is 0. The number of carbonyl (C=O) groups is 1. The van der Waals surface area contributed by atoms with E-state index in [4.69, 9.17) is 9.97 Å². The maximum absolute atomic E-state index is 13.0. The monoisotopic (exact) mass is 478 g/mol. The first-order chi connectivity index (χ1) is 15.9. The number of amides is 1. The Morgan fingerprint density at radius 1 is 1.12 bits per heavy atom. The van der Waals surface area contributed by atoms with E-state index in [1.54, 1.807) is 16.4 Å². The standard InChI is InChI=1S/C25H26N4O2S2/c1-5-13-28-23(31)20-10-6-7-11-21(20)27-24(28)32-14-19-15-33-25(26-19)29(18(4)30)22-12-8-9-16(2)17(22)3/h6-12,15H,5,13-14H2,1-4H3. The molecule has 8 heteroatoms. The minimum atomic E-state index is -0.0785. The number of thioether (sulfide) groups is 1. The molecule has 4 aromatic rings. The molecule has 2 heterocycles. The fraction of sp³-hybridized carbons (Fsp3) is 0.280. The van der Waals surface area contributed by atoms with E-state index in [0.29, 0.717) is 33.5 Å². The van der Waals surface area contributed by atoms with Crippen LogP contribution >= 0.6 is 23.1 Å². The first-order valence-electron chi connectivity index (χ1n) is 10.8. The third-order valence-electron chi connectivity index (χ3n) is 5.49. The molecule has 0 aliphatic rings. The lowest BCUT2D eigenvalue weighted by Gasteiger charge is -2.21. The first-order valence-corrected chi connectivity index (χ1v) is 12.7. The Labute approximate surface area is 201 Å². The van der Waals surface area contributed by atoms with Crippen LogP contribution in [0.2, 0.25) is 0 Å². The van der Waals surface area contributed by atoms with E-state index in [0.717, 1.165) is 28.9 Å². The Hall–Kier alpha value is -2.97. The maximum Gasteiger partial charge on any atom is 0.262 e. The summed E-state index contributed by atoms with van der Waals surface area (Å²) < 4.78 is 1.75. The number of fused-ring (bicyclic) bond motifs is 1. The van der Waals surface area contributed by atoms with Crippen LogP contribution in [0.3, 0.4) is 0 Å². The predicted octanol–water partition coefficient (Wildman–Crippen LogP) is 5.86. The van der Waals surface area contributed by atoms with E-state index in [-0.39, 0.29) is 11.5 Å². The fourth-order valence-electron chi connectivity index (χ4n) is 3.67. The second kappa shape index (κ2) is 9.89. The summed E-state index contributed by atoms with van der Waals surface area (Å²) in [7, 11) is 0. The number of hydrogen-bond acceptors (Lipinski definition) is 6. The van der Waals surface area contributed by atoms with Crippen LogP contribution in [0.1, 0.15) is 37.1 Å². The molecule has 4 rings (SSSR count). The Bertz CT molecular complexity index is 1380. The molecule has 0 unspecified atom stereocenters. The van der Waals surface area contributed by atoms with E-state index in [2.05, 4.69) is 0 Å². The van der Waals surface area contributed by atoms with Gasteiger partial charge in [0.15, 0.2) is 10.3 Å². The van der Waals surface area contributed by atoms with Gasteiger partial charge in [-0.3, -0.25) is 19.1 Å². The summed E-state index contributed by atoms with van der Waals surface area (Å²) in [6.45, 7) is 8.27. The van der Waals surface area contributed by atoms with E-state index in [1.165, 1.54) is 23.1 Å². The van der Waals surface area contributed by atoms with Gasteiger partial charge in [-0.05, 0) is 49.6 Å². The van der Waals surface area contributed by atoms with Crippen molar-refractivity contribution in [2.45, 2.75) is 51.6 Å². The van der Waals surface area contributed by atoms with E-state index >= 15 is 0 Å². The minimum absolute atomic E-state index is 0.0124. The van der Waals surface area contributed by atoms with Crippen molar-refractivity contribution in [1.29, 1.82) is 0 Å². The van der Waals surface area contributed by atoms with Gasteiger partial charge in [0.25, 0.3) is 5.56 Å². The number of aryl methyl sites for hydroxylation is 1. The highest BCUT2D eigenvalue weighted by molar-refractivity contribution is 7.98. The molecule has 6 nitrogen and oxygen atoms in total. The molecular weight excluding hydrogens is 452 g/mol. The average molecular weight is 479 g/mol. The normalized spacial score (nSPS) is 11.2. The van der Waals surface area contributed by atoms with Gasteiger partial charge < -0.3 is 0 Å². The van der Waals surface area contributed by atoms with Gasteiger partial charge in [0.05, 0.1) is 22.3 Å². The zero-order valence-electron chi connectivity index (χ0n) is 19.2. The van der Waals surface area contributed by atoms with Crippen LogP contribution in [-0.4, -0.2) is 20.4 Å². The molecule has 0 atom stereocenters. The molecule has 0 radical (unpaired) electrons. The summed E-state index contributed by atoms with van der Waals surface area (Å²) in [4.78, 5) is 36.7. The van der Waals surface area contributed by atoms with Crippen molar-refractivity contribution in [2.75, 3.05) is 4.90 Å². The molecule has 0 fully saturated rings. The zero-order chi connectivity index (χ0) is 23.5. The zero-order valence-corrected chi connectivity index (χ0v) is 20.8. The molecular formula is C25H26N4O2S2. The summed E-state index contributed by atoms with van der Waals surface area (Å²) in [5.41, 5.74) is 4.58. The molecule has 0 saturated heterocycles. The number of anilines is 2. The number of para-hydroxylation sites is 1. The topological polar surface area (TPSA) is 68.1 Å². The molecule has 0 aliphatic heterocycles. The lowest BCUT2D eigenvalue weighted by Crippen LogP contribution is -2.23. The highest BCUT2D eigenvalue weighted by Gasteiger charge is 2.20. The highest BCUT2D eigenvalue weighted by Crippen LogP contribution is 2.33. The number of aromatic nitrogens is 3. The Balaban J connectivity index is 1.62. The molecule has 0 saturated carbocycles. The Morgan fingerprint density at radius 3 is 2.67 bits per heavy atom. The molecule has 2 aromatic carbocycles. The lowest BCUT2D eigenvalue weighted by molar-refractivity contribution is -0.115. The quantitative estimate of drug-likeness (QED) is 0.246. The van der Waals surface area contributed by atoms with Crippen molar-refractivity contribution in [1.82, 2.24) is 14.5 Å². The summed E-state index contributed by atoms with van der Waals surface area (Å²) in [6, 6.07) is 13.4. The third kappa shape index (κ3) is 4.72. The fourth-order valence-corrected chi connectivity index (χ4v) is 5.57. The molecule has 33 heavy (non-hydrogen) atoms. The largest absolute Gasteiger partial charge is 0.287 e. The van der Waals surface area contributed by atoms with Crippen molar-refractivity contribution >= 4 is 50.7 Å². The number of thiazole rings is 1. The Kier molecular flexibility index (Phi) is 6.95. The average Bonchev–Trinajstić information content (AvgIpc) is 3.26. The number of benzene rings is 2. The Morgan fingerprint density at radius 2 is 1.91 bits per heavy atom. The van der Waals surface area contributed by atoms with E-state index < -0.39 is 0 Å². The van der Waals surface area contributed by atoms with Crippen LogP contribution in [-0.2, 0) is 17.1 Å². The van der Waals surface area contributed by atoms with Gasteiger partial charge >= 0.3 is 0 Å². The summed E-state index contributed by atoms with van der Waals surface area (Å²) in [5.74, 6) is 0.481.